The number of rotatable bonds is 5. The third-order valence-corrected chi connectivity index (χ3v) is 3.65. The van der Waals surface area contributed by atoms with E-state index >= 15 is 0 Å². The van der Waals surface area contributed by atoms with Crippen LogP contribution in [0, 0.1) is 27.7 Å². The summed E-state index contributed by atoms with van der Waals surface area (Å²) >= 11 is 0. The molecule has 0 saturated carbocycles. The molecule has 0 aliphatic heterocycles. The maximum Gasteiger partial charge on any atom is 0.219 e. The fraction of sp³-hybridized carbons (Fsp3) is 0.389. The maximum atomic E-state index is 6.08. The highest BCUT2D eigenvalue weighted by Gasteiger charge is 2.09. The van der Waals surface area contributed by atoms with Crippen LogP contribution in [0.3, 0.4) is 0 Å². The molecule has 2 aromatic rings. The van der Waals surface area contributed by atoms with Crippen molar-refractivity contribution in [3.05, 3.63) is 52.2 Å². The Morgan fingerprint density at radius 2 is 1.76 bits per heavy atom. The minimum Gasteiger partial charge on any atom is -0.438 e. The van der Waals surface area contributed by atoms with E-state index in [9.17, 15) is 0 Å². The number of benzene rings is 1. The van der Waals surface area contributed by atoms with E-state index in [-0.39, 0.29) is 0 Å². The Kier molecular flexibility index (Phi) is 4.97. The Morgan fingerprint density at radius 1 is 1.05 bits per heavy atom. The molecule has 0 fully saturated rings. The smallest absolute Gasteiger partial charge is 0.219 e. The van der Waals surface area contributed by atoms with E-state index in [1.54, 1.807) is 0 Å². The number of nitrogens with one attached hydrogen (secondary N) is 1. The molecule has 0 aliphatic rings. The Morgan fingerprint density at radius 3 is 2.48 bits per heavy atom. The quantitative estimate of drug-likeness (QED) is 0.892. The first kappa shape index (κ1) is 15.5. The van der Waals surface area contributed by atoms with Gasteiger partial charge in [-0.1, -0.05) is 19.1 Å². The highest BCUT2D eigenvalue weighted by Crippen LogP contribution is 2.30. The number of pyridine rings is 1. The normalized spacial score (nSPS) is 10.7. The Labute approximate surface area is 127 Å². The van der Waals surface area contributed by atoms with Gasteiger partial charge in [-0.05, 0) is 62.6 Å². The molecule has 0 spiro atoms. The minimum atomic E-state index is 0.666. The zero-order chi connectivity index (χ0) is 15.4. The average Bonchev–Trinajstić information content (AvgIpc) is 2.45. The van der Waals surface area contributed by atoms with Gasteiger partial charge in [0.15, 0.2) is 0 Å². The van der Waals surface area contributed by atoms with E-state index in [4.69, 9.17) is 4.74 Å². The Bertz CT molecular complexity index is 635. The summed E-state index contributed by atoms with van der Waals surface area (Å²) in [4.78, 5) is 4.50. The van der Waals surface area contributed by atoms with Crippen LogP contribution < -0.4 is 10.1 Å². The number of nitrogens with zero attached hydrogens (tertiary/aromatic N) is 1. The maximum absolute atomic E-state index is 6.08. The SMILES string of the molecule is CCNCc1cc(C)nc(Oc2c(C)ccc(C)c2C)c1. The molecular weight excluding hydrogens is 260 g/mol. The molecule has 0 radical (unpaired) electrons. The van der Waals surface area contributed by atoms with Gasteiger partial charge in [0.1, 0.15) is 5.75 Å². The monoisotopic (exact) mass is 284 g/mol. The zero-order valence-corrected chi connectivity index (χ0v) is 13.6. The first-order valence-electron chi connectivity index (χ1n) is 7.44. The zero-order valence-electron chi connectivity index (χ0n) is 13.6. The van der Waals surface area contributed by atoms with Gasteiger partial charge in [-0.3, -0.25) is 0 Å². The van der Waals surface area contributed by atoms with E-state index in [1.165, 1.54) is 16.7 Å². The summed E-state index contributed by atoms with van der Waals surface area (Å²) in [5.41, 5.74) is 5.71. The second kappa shape index (κ2) is 6.72. The van der Waals surface area contributed by atoms with Gasteiger partial charge >= 0.3 is 0 Å². The molecule has 112 valence electrons. The van der Waals surface area contributed by atoms with Crippen LogP contribution in [0.15, 0.2) is 24.3 Å². The molecule has 2 rings (SSSR count). The third-order valence-electron chi connectivity index (χ3n) is 3.65. The van der Waals surface area contributed by atoms with Crippen LogP contribution in [0.2, 0.25) is 0 Å². The molecule has 0 saturated heterocycles. The predicted molar refractivity (Wildman–Crippen MR) is 87.1 cm³/mol. The lowest BCUT2D eigenvalue weighted by Crippen LogP contribution is -2.12. The van der Waals surface area contributed by atoms with E-state index in [0.29, 0.717) is 5.88 Å². The predicted octanol–water partition coefficient (Wildman–Crippen LogP) is 4.22. The lowest BCUT2D eigenvalue weighted by Gasteiger charge is -2.14. The van der Waals surface area contributed by atoms with Gasteiger partial charge in [0.25, 0.3) is 0 Å². The van der Waals surface area contributed by atoms with E-state index in [1.807, 2.05) is 13.0 Å². The van der Waals surface area contributed by atoms with Crippen LogP contribution in [0.4, 0.5) is 0 Å². The average molecular weight is 284 g/mol. The topological polar surface area (TPSA) is 34.2 Å². The third kappa shape index (κ3) is 3.82. The molecule has 1 N–H and O–H groups in total. The summed E-state index contributed by atoms with van der Waals surface area (Å²) in [6.45, 7) is 12.1. The highest BCUT2D eigenvalue weighted by atomic mass is 16.5. The summed E-state index contributed by atoms with van der Waals surface area (Å²) in [6.07, 6.45) is 0. The summed E-state index contributed by atoms with van der Waals surface area (Å²) in [7, 11) is 0. The molecule has 1 heterocycles. The van der Waals surface area contributed by atoms with Crippen LogP contribution in [0.5, 0.6) is 11.6 Å². The lowest BCUT2D eigenvalue weighted by atomic mass is 10.1. The number of aryl methyl sites for hydroxylation is 3. The second-order valence-electron chi connectivity index (χ2n) is 5.49. The van der Waals surface area contributed by atoms with Gasteiger partial charge < -0.3 is 10.1 Å². The summed E-state index contributed by atoms with van der Waals surface area (Å²) in [6, 6.07) is 8.31. The lowest BCUT2D eigenvalue weighted by molar-refractivity contribution is 0.453. The molecular formula is C18H24N2O. The fourth-order valence-electron chi connectivity index (χ4n) is 2.32. The van der Waals surface area contributed by atoms with Crippen LogP contribution in [-0.2, 0) is 6.54 Å². The summed E-state index contributed by atoms with van der Waals surface area (Å²) in [5.74, 6) is 1.59. The standard InChI is InChI=1S/C18H24N2O/c1-6-19-11-16-9-14(4)20-17(10-16)21-18-13(3)8-7-12(2)15(18)5/h7-10,19H,6,11H2,1-5H3. The largest absolute Gasteiger partial charge is 0.438 e. The van der Waals surface area contributed by atoms with Crippen molar-refractivity contribution in [2.75, 3.05) is 6.54 Å². The number of hydrogen-bond acceptors (Lipinski definition) is 3. The van der Waals surface area contributed by atoms with Crippen molar-refractivity contribution in [3.8, 4) is 11.6 Å². The molecule has 0 unspecified atom stereocenters. The number of hydrogen-bond donors (Lipinski definition) is 1. The number of aromatic nitrogens is 1. The molecule has 0 aliphatic carbocycles. The number of ether oxygens (including phenoxy) is 1. The molecule has 3 nitrogen and oxygen atoms in total. The van der Waals surface area contributed by atoms with Gasteiger partial charge in [-0.15, -0.1) is 0 Å². The van der Waals surface area contributed by atoms with Crippen molar-refractivity contribution in [2.24, 2.45) is 0 Å². The van der Waals surface area contributed by atoms with Crippen LogP contribution in [0.1, 0.15) is 34.9 Å². The molecule has 0 atom stereocenters. The first-order chi connectivity index (χ1) is 10.0. The summed E-state index contributed by atoms with van der Waals surface area (Å²) < 4.78 is 6.08. The molecule has 0 bridgehead atoms. The van der Waals surface area contributed by atoms with Crippen molar-refractivity contribution in [3.63, 3.8) is 0 Å². The van der Waals surface area contributed by atoms with Crippen molar-refractivity contribution in [1.29, 1.82) is 0 Å². The molecule has 21 heavy (non-hydrogen) atoms. The van der Waals surface area contributed by atoms with Crippen molar-refractivity contribution in [2.45, 2.75) is 41.2 Å². The summed E-state index contributed by atoms with van der Waals surface area (Å²) in [5, 5.41) is 3.33. The van der Waals surface area contributed by atoms with E-state index in [0.717, 1.165) is 30.1 Å². The van der Waals surface area contributed by atoms with Crippen molar-refractivity contribution in [1.82, 2.24) is 10.3 Å². The second-order valence-corrected chi connectivity index (χ2v) is 5.49. The van der Waals surface area contributed by atoms with Gasteiger partial charge in [0.05, 0.1) is 0 Å². The van der Waals surface area contributed by atoms with Crippen LogP contribution in [-0.4, -0.2) is 11.5 Å². The van der Waals surface area contributed by atoms with Crippen molar-refractivity contribution < 1.29 is 4.74 Å². The first-order valence-corrected chi connectivity index (χ1v) is 7.44. The van der Waals surface area contributed by atoms with Crippen LogP contribution in [0.25, 0.3) is 0 Å². The van der Waals surface area contributed by atoms with Gasteiger partial charge in [-0.2, -0.15) is 0 Å². The molecule has 3 heteroatoms. The van der Waals surface area contributed by atoms with Crippen LogP contribution >= 0.6 is 0 Å². The molecule has 1 aromatic heterocycles. The Hall–Kier alpha value is -1.87. The van der Waals surface area contributed by atoms with Gasteiger partial charge in [0, 0.05) is 18.3 Å². The minimum absolute atomic E-state index is 0.666. The van der Waals surface area contributed by atoms with Gasteiger partial charge in [-0.25, -0.2) is 4.98 Å². The molecule has 1 aromatic carbocycles. The van der Waals surface area contributed by atoms with E-state index < -0.39 is 0 Å². The Balaban J connectivity index is 2.31. The fourth-order valence-corrected chi connectivity index (χ4v) is 2.32. The van der Waals surface area contributed by atoms with Gasteiger partial charge in [0.2, 0.25) is 5.88 Å². The molecule has 0 amide bonds. The van der Waals surface area contributed by atoms with Crippen molar-refractivity contribution >= 4 is 0 Å². The van der Waals surface area contributed by atoms with E-state index in [2.05, 4.69) is 56.2 Å². The highest BCUT2D eigenvalue weighted by molar-refractivity contribution is 5.46.